The molecule has 1 heterocycles. The van der Waals surface area contributed by atoms with E-state index in [1.807, 2.05) is 13.0 Å². The minimum absolute atomic E-state index is 0.0447. The Hall–Kier alpha value is -3.27. The molecule has 1 fully saturated rings. The van der Waals surface area contributed by atoms with Crippen LogP contribution < -0.4 is 20.5 Å². The molecular formula is C27H34F3N5O2. The molecule has 4 rings (SSSR count). The molecule has 1 aromatic heterocycles. The average Bonchev–Trinajstić information content (AvgIpc) is 3.61. The number of hydrogen-bond donors (Lipinski definition) is 2. The summed E-state index contributed by atoms with van der Waals surface area (Å²) in [7, 11) is 3.67. The standard InChI is InChI=1S/C27H34F3N5O2/c1-15(13-35(4)14-18-6-7-18)37-25-11-22-23(12-24(25)36-5)33-17(3)34-26(22)32-16(2)19-8-20(27(28,29)30)10-21(31)9-19/h8-12,15-16,18H,6-7,13-14,31H2,1-5H3,(H,32,33,34)/t15-,16+/m0/s1. The van der Waals surface area contributed by atoms with Crippen molar-refractivity contribution in [1.29, 1.82) is 0 Å². The van der Waals surface area contributed by atoms with Crippen molar-refractivity contribution in [3.63, 3.8) is 0 Å². The number of rotatable bonds is 10. The number of hydrogen-bond acceptors (Lipinski definition) is 7. The normalized spacial score (nSPS) is 15.6. The number of aryl methyl sites for hydroxylation is 1. The highest BCUT2D eigenvalue weighted by Gasteiger charge is 2.31. The van der Waals surface area contributed by atoms with Crippen molar-refractivity contribution in [1.82, 2.24) is 14.9 Å². The van der Waals surface area contributed by atoms with Crippen molar-refractivity contribution < 1.29 is 22.6 Å². The summed E-state index contributed by atoms with van der Waals surface area (Å²) in [6.07, 6.45) is -2.00. The van der Waals surface area contributed by atoms with Crippen LogP contribution >= 0.6 is 0 Å². The molecule has 0 radical (unpaired) electrons. The van der Waals surface area contributed by atoms with E-state index in [0.717, 1.165) is 31.1 Å². The monoisotopic (exact) mass is 517 g/mol. The zero-order chi connectivity index (χ0) is 26.9. The van der Waals surface area contributed by atoms with Crippen LogP contribution in [0.3, 0.4) is 0 Å². The number of methoxy groups -OCH3 is 1. The minimum Gasteiger partial charge on any atom is -0.493 e. The predicted molar refractivity (Wildman–Crippen MR) is 139 cm³/mol. The van der Waals surface area contributed by atoms with Gasteiger partial charge >= 0.3 is 6.18 Å². The maximum Gasteiger partial charge on any atom is 0.416 e. The largest absolute Gasteiger partial charge is 0.493 e. The van der Waals surface area contributed by atoms with Gasteiger partial charge in [-0.3, -0.25) is 0 Å². The zero-order valence-electron chi connectivity index (χ0n) is 21.8. The number of ether oxygens (including phenoxy) is 2. The minimum atomic E-state index is -4.49. The van der Waals surface area contributed by atoms with Crippen LogP contribution in [0.25, 0.3) is 10.9 Å². The van der Waals surface area contributed by atoms with Crippen LogP contribution in [0.1, 0.15) is 49.7 Å². The van der Waals surface area contributed by atoms with Gasteiger partial charge in [0.05, 0.1) is 24.2 Å². The molecule has 0 spiro atoms. The van der Waals surface area contributed by atoms with Gasteiger partial charge in [-0.05, 0) is 76.4 Å². The quantitative estimate of drug-likeness (QED) is 0.327. The Bertz CT molecular complexity index is 1260. The molecule has 1 saturated carbocycles. The number of anilines is 2. The van der Waals surface area contributed by atoms with Gasteiger partial charge in [0.25, 0.3) is 0 Å². The topological polar surface area (TPSA) is 85.5 Å². The summed E-state index contributed by atoms with van der Waals surface area (Å²) in [5, 5.41) is 3.92. The summed E-state index contributed by atoms with van der Waals surface area (Å²) in [5.41, 5.74) is 6.06. The lowest BCUT2D eigenvalue weighted by Crippen LogP contribution is -2.32. The molecule has 2 atom stereocenters. The summed E-state index contributed by atoms with van der Waals surface area (Å²) >= 11 is 0. The molecule has 0 unspecified atom stereocenters. The lowest BCUT2D eigenvalue weighted by atomic mass is 10.0. The van der Waals surface area contributed by atoms with Crippen molar-refractivity contribution in [2.24, 2.45) is 5.92 Å². The number of nitrogens with two attached hydrogens (primary N) is 1. The molecule has 0 bridgehead atoms. The van der Waals surface area contributed by atoms with E-state index in [0.29, 0.717) is 39.6 Å². The summed E-state index contributed by atoms with van der Waals surface area (Å²) in [6, 6.07) is 6.66. The van der Waals surface area contributed by atoms with Crippen molar-refractivity contribution in [2.75, 3.05) is 38.3 Å². The number of likely N-dealkylation sites (N-methyl/N-ethyl adjacent to an activating group) is 1. The second-order valence-corrected chi connectivity index (χ2v) is 9.98. The molecule has 200 valence electrons. The number of nitrogens with zero attached hydrogens (tertiary/aromatic N) is 3. The van der Waals surface area contributed by atoms with E-state index < -0.39 is 17.8 Å². The van der Waals surface area contributed by atoms with E-state index in [-0.39, 0.29) is 11.8 Å². The number of benzene rings is 2. The molecule has 10 heteroatoms. The average molecular weight is 518 g/mol. The zero-order valence-corrected chi connectivity index (χ0v) is 21.8. The van der Waals surface area contributed by atoms with E-state index in [1.54, 1.807) is 27.0 Å². The fraction of sp³-hybridized carbons (Fsp3) is 0.481. The Balaban J connectivity index is 1.63. The van der Waals surface area contributed by atoms with Gasteiger partial charge in [0.2, 0.25) is 0 Å². The number of aromatic nitrogens is 2. The Kier molecular flexibility index (Phi) is 7.68. The molecule has 3 aromatic rings. The second-order valence-electron chi connectivity index (χ2n) is 9.98. The first kappa shape index (κ1) is 26.8. The Morgan fingerprint density at radius 3 is 2.49 bits per heavy atom. The van der Waals surface area contributed by atoms with Crippen LogP contribution in [0.2, 0.25) is 0 Å². The highest BCUT2D eigenvalue weighted by atomic mass is 19.4. The van der Waals surface area contributed by atoms with E-state index in [9.17, 15) is 13.2 Å². The molecule has 37 heavy (non-hydrogen) atoms. The van der Waals surface area contributed by atoms with Crippen LogP contribution in [0.5, 0.6) is 11.5 Å². The lowest BCUT2D eigenvalue weighted by molar-refractivity contribution is -0.137. The Morgan fingerprint density at radius 2 is 1.84 bits per heavy atom. The van der Waals surface area contributed by atoms with E-state index in [1.165, 1.54) is 18.9 Å². The maximum atomic E-state index is 13.3. The fourth-order valence-corrected chi connectivity index (χ4v) is 4.50. The van der Waals surface area contributed by atoms with Gasteiger partial charge in [-0.15, -0.1) is 0 Å². The first-order valence-corrected chi connectivity index (χ1v) is 12.4. The number of alkyl halides is 3. The number of fused-ring (bicyclic) bond motifs is 1. The molecule has 0 aliphatic heterocycles. The van der Waals surface area contributed by atoms with Gasteiger partial charge in [0.15, 0.2) is 11.5 Å². The van der Waals surface area contributed by atoms with Gasteiger partial charge in [-0.2, -0.15) is 13.2 Å². The van der Waals surface area contributed by atoms with Gasteiger partial charge in [0.1, 0.15) is 17.7 Å². The molecule has 3 N–H and O–H groups in total. The van der Waals surface area contributed by atoms with Crippen LogP contribution in [-0.2, 0) is 6.18 Å². The van der Waals surface area contributed by atoms with Crippen molar-refractivity contribution >= 4 is 22.4 Å². The third kappa shape index (κ3) is 6.74. The first-order valence-electron chi connectivity index (χ1n) is 12.4. The number of nitrogen functional groups attached to an aromatic ring is 1. The smallest absolute Gasteiger partial charge is 0.416 e. The highest BCUT2D eigenvalue weighted by Crippen LogP contribution is 2.37. The van der Waals surface area contributed by atoms with Crippen LogP contribution in [0.4, 0.5) is 24.7 Å². The van der Waals surface area contributed by atoms with Crippen molar-refractivity contribution in [3.8, 4) is 11.5 Å². The summed E-state index contributed by atoms with van der Waals surface area (Å²) < 4.78 is 51.9. The van der Waals surface area contributed by atoms with Gasteiger partial charge < -0.3 is 25.4 Å². The van der Waals surface area contributed by atoms with E-state index in [4.69, 9.17) is 15.2 Å². The third-order valence-electron chi connectivity index (χ3n) is 6.41. The predicted octanol–water partition coefficient (Wildman–Crippen LogP) is 5.83. The molecule has 7 nitrogen and oxygen atoms in total. The van der Waals surface area contributed by atoms with Crippen LogP contribution in [-0.4, -0.2) is 48.2 Å². The second kappa shape index (κ2) is 10.6. The number of halogens is 3. The van der Waals surface area contributed by atoms with Crippen LogP contribution in [0, 0.1) is 12.8 Å². The fourth-order valence-electron chi connectivity index (χ4n) is 4.50. The van der Waals surface area contributed by atoms with Gasteiger partial charge in [-0.1, -0.05) is 0 Å². The molecule has 0 amide bonds. The molecule has 1 aliphatic carbocycles. The molecule has 2 aromatic carbocycles. The summed E-state index contributed by atoms with van der Waals surface area (Å²) in [4.78, 5) is 11.3. The highest BCUT2D eigenvalue weighted by molar-refractivity contribution is 5.92. The molecule has 1 aliphatic rings. The van der Waals surface area contributed by atoms with E-state index in [2.05, 4.69) is 27.2 Å². The number of nitrogens with one attached hydrogen (secondary N) is 1. The first-order chi connectivity index (χ1) is 17.4. The van der Waals surface area contributed by atoms with Gasteiger partial charge in [-0.25, -0.2) is 9.97 Å². The Labute approximate surface area is 215 Å². The SMILES string of the molecule is COc1cc2nc(C)nc(N[C@H](C)c3cc(N)cc(C(F)(F)F)c3)c2cc1O[C@@H](C)CN(C)CC1CC1. The summed E-state index contributed by atoms with van der Waals surface area (Å²) in [6.45, 7) is 7.35. The third-order valence-corrected chi connectivity index (χ3v) is 6.41. The summed E-state index contributed by atoms with van der Waals surface area (Å²) in [5.74, 6) is 2.88. The van der Waals surface area contributed by atoms with Gasteiger partial charge in [0, 0.05) is 30.2 Å². The Morgan fingerprint density at radius 1 is 1.11 bits per heavy atom. The van der Waals surface area contributed by atoms with Crippen molar-refractivity contribution in [3.05, 3.63) is 47.3 Å². The van der Waals surface area contributed by atoms with Crippen LogP contribution in [0.15, 0.2) is 30.3 Å². The molecular weight excluding hydrogens is 483 g/mol. The van der Waals surface area contributed by atoms with E-state index >= 15 is 0 Å². The molecule has 0 saturated heterocycles. The maximum absolute atomic E-state index is 13.3. The van der Waals surface area contributed by atoms with Crippen molar-refractivity contribution in [2.45, 2.75) is 51.9 Å². The lowest BCUT2D eigenvalue weighted by Gasteiger charge is -2.23.